The summed E-state index contributed by atoms with van der Waals surface area (Å²) in [5.41, 5.74) is 1.69. The summed E-state index contributed by atoms with van der Waals surface area (Å²) in [7, 11) is 3.15. The van der Waals surface area contributed by atoms with Gasteiger partial charge in [-0.2, -0.15) is 0 Å². The zero-order valence-corrected chi connectivity index (χ0v) is 10.5. The monoisotopic (exact) mass is 244 g/mol. The van der Waals surface area contributed by atoms with E-state index in [9.17, 15) is 5.11 Å². The van der Waals surface area contributed by atoms with E-state index in [0.29, 0.717) is 11.3 Å². The number of phenolic OH excluding ortho intramolecular Hbond substituents is 1. The lowest BCUT2D eigenvalue weighted by molar-refractivity contribution is 0.133. The molecule has 2 aromatic carbocycles. The van der Waals surface area contributed by atoms with Gasteiger partial charge in [-0.25, -0.2) is 0 Å². The first-order chi connectivity index (χ1) is 8.77. The standard InChI is InChI=1S/C15H16O3/c1-17-13-10-6-9-12(14(13)16)15(18-2)11-7-4-3-5-8-11/h3-10,15-16H,1-2H3. The van der Waals surface area contributed by atoms with Gasteiger partial charge in [0.1, 0.15) is 6.10 Å². The minimum absolute atomic E-state index is 0.121. The average Bonchev–Trinajstić information content (AvgIpc) is 2.43. The number of ether oxygens (including phenoxy) is 2. The van der Waals surface area contributed by atoms with Gasteiger partial charge in [-0.3, -0.25) is 0 Å². The first kappa shape index (κ1) is 12.5. The average molecular weight is 244 g/mol. The molecular formula is C15H16O3. The highest BCUT2D eigenvalue weighted by molar-refractivity contribution is 5.48. The molecule has 0 fully saturated rings. The van der Waals surface area contributed by atoms with Crippen molar-refractivity contribution in [1.82, 2.24) is 0 Å². The number of methoxy groups -OCH3 is 2. The molecule has 0 aromatic heterocycles. The van der Waals surface area contributed by atoms with Crippen LogP contribution in [0.4, 0.5) is 0 Å². The summed E-state index contributed by atoms with van der Waals surface area (Å²) in [6.45, 7) is 0. The second-order valence-electron chi connectivity index (χ2n) is 3.92. The fraction of sp³-hybridized carbons (Fsp3) is 0.200. The Balaban J connectivity index is 2.46. The summed E-state index contributed by atoms with van der Waals surface area (Å²) >= 11 is 0. The number of benzene rings is 2. The number of aromatic hydroxyl groups is 1. The van der Waals surface area contributed by atoms with E-state index < -0.39 is 0 Å². The van der Waals surface area contributed by atoms with Crippen molar-refractivity contribution in [3.05, 3.63) is 59.7 Å². The number of hydrogen-bond acceptors (Lipinski definition) is 3. The Kier molecular flexibility index (Phi) is 3.85. The number of rotatable bonds is 4. The summed E-state index contributed by atoms with van der Waals surface area (Å²) in [5.74, 6) is 0.571. The molecule has 0 radical (unpaired) electrons. The number of hydrogen-bond donors (Lipinski definition) is 1. The van der Waals surface area contributed by atoms with Crippen molar-refractivity contribution < 1.29 is 14.6 Å². The van der Waals surface area contributed by atoms with Crippen LogP contribution in [0.5, 0.6) is 11.5 Å². The molecule has 0 aliphatic rings. The molecule has 0 amide bonds. The van der Waals surface area contributed by atoms with Crippen LogP contribution in [-0.2, 0) is 4.74 Å². The van der Waals surface area contributed by atoms with E-state index in [1.807, 2.05) is 42.5 Å². The van der Waals surface area contributed by atoms with Crippen LogP contribution in [0.15, 0.2) is 48.5 Å². The Bertz CT molecular complexity index is 508. The van der Waals surface area contributed by atoms with Crippen molar-refractivity contribution in [2.75, 3.05) is 14.2 Å². The Morgan fingerprint density at radius 2 is 1.67 bits per heavy atom. The predicted octanol–water partition coefficient (Wildman–Crippen LogP) is 3.14. The molecule has 0 heterocycles. The van der Waals surface area contributed by atoms with Crippen molar-refractivity contribution in [3.8, 4) is 11.5 Å². The van der Waals surface area contributed by atoms with Gasteiger partial charge in [0.15, 0.2) is 11.5 Å². The highest BCUT2D eigenvalue weighted by atomic mass is 16.5. The number of para-hydroxylation sites is 1. The van der Waals surface area contributed by atoms with Gasteiger partial charge in [-0.05, 0) is 11.6 Å². The summed E-state index contributed by atoms with van der Waals surface area (Å²) in [5, 5.41) is 10.1. The molecule has 0 aliphatic heterocycles. The fourth-order valence-electron chi connectivity index (χ4n) is 1.99. The lowest BCUT2D eigenvalue weighted by atomic mass is 10.00. The van der Waals surface area contributed by atoms with E-state index in [0.717, 1.165) is 5.56 Å². The molecule has 2 rings (SSSR count). The van der Waals surface area contributed by atoms with E-state index in [1.165, 1.54) is 7.11 Å². The van der Waals surface area contributed by atoms with Crippen LogP contribution in [0, 0.1) is 0 Å². The Morgan fingerprint density at radius 3 is 2.28 bits per heavy atom. The highest BCUT2D eigenvalue weighted by Crippen LogP contribution is 2.37. The van der Waals surface area contributed by atoms with Crippen LogP contribution in [0.1, 0.15) is 17.2 Å². The van der Waals surface area contributed by atoms with E-state index >= 15 is 0 Å². The van der Waals surface area contributed by atoms with Gasteiger partial charge in [-0.1, -0.05) is 42.5 Å². The Labute approximate surface area is 107 Å². The van der Waals surface area contributed by atoms with Crippen LogP contribution in [0.2, 0.25) is 0 Å². The second-order valence-corrected chi connectivity index (χ2v) is 3.92. The molecule has 94 valence electrons. The largest absolute Gasteiger partial charge is 0.504 e. The molecular weight excluding hydrogens is 228 g/mol. The second kappa shape index (κ2) is 5.56. The SMILES string of the molecule is COc1cccc(C(OC)c2ccccc2)c1O. The molecule has 0 spiro atoms. The van der Waals surface area contributed by atoms with Crippen LogP contribution in [0.3, 0.4) is 0 Å². The van der Waals surface area contributed by atoms with E-state index in [4.69, 9.17) is 9.47 Å². The van der Waals surface area contributed by atoms with Gasteiger partial charge in [0.2, 0.25) is 0 Å². The molecule has 1 unspecified atom stereocenters. The first-order valence-electron chi connectivity index (χ1n) is 5.71. The van der Waals surface area contributed by atoms with Gasteiger partial charge in [0.05, 0.1) is 7.11 Å². The smallest absolute Gasteiger partial charge is 0.163 e. The maximum absolute atomic E-state index is 10.1. The van der Waals surface area contributed by atoms with Gasteiger partial charge >= 0.3 is 0 Å². The lowest BCUT2D eigenvalue weighted by Crippen LogP contribution is -2.04. The summed E-state index contributed by atoms with van der Waals surface area (Å²) in [4.78, 5) is 0. The topological polar surface area (TPSA) is 38.7 Å². The summed E-state index contributed by atoms with van der Waals surface area (Å²) in [6.07, 6.45) is -0.304. The van der Waals surface area contributed by atoms with Gasteiger partial charge in [0, 0.05) is 12.7 Å². The number of phenols is 1. The predicted molar refractivity (Wildman–Crippen MR) is 70.0 cm³/mol. The normalized spacial score (nSPS) is 12.1. The van der Waals surface area contributed by atoms with Crippen molar-refractivity contribution in [2.45, 2.75) is 6.10 Å². The van der Waals surface area contributed by atoms with Gasteiger partial charge in [-0.15, -0.1) is 0 Å². The van der Waals surface area contributed by atoms with Crippen LogP contribution >= 0.6 is 0 Å². The maximum atomic E-state index is 10.1. The summed E-state index contributed by atoms with van der Waals surface area (Å²) in [6, 6.07) is 15.2. The minimum atomic E-state index is -0.304. The quantitative estimate of drug-likeness (QED) is 0.898. The molecule has 0 bridgehead atoms. The summed E-state index contributed by atoms with van der Waals surface area (Å²) < 4.78 is 10.6. The molecule has 2 aromatic rings. The fourth-order valence-corrected chi connectivity index (χ4v) is 1.99. The molecule has 0 saturated heterocycles. The highest BCUT2D eigenvalue weighted by Gasteiger charge is 2.18. The maximum Gasteiger partial charge on any atom is 0.163 e. The van der Waals surface area contributed by atoms with Crippen LogP contribution in [-0.4, -0.2) is 19.3 Å². The third-order valence-electron chi connectivity index (χ3n) is 2.87. The molecule has 0 aliphatic carbocycles. The molecule has 3 heteroatoms. The van der Waals surface area contributed by atoms with Crippen molar-refractivity contribution in [1.29, 1.82) is 0 Å². The van der Waals surface area contributed by atoms with Gasteiger partial charge in [0.25, 0.3) is 0 Å². The van der Waals surface area contributed by atoms with Crippen LogP contribution in [0.25, 0.3) is 0 Å². The molecule has 1 atom stereocenters. The van der Waals surface area contributed by atoms with Crippen LogP contribution < -0.4 is 4.74 Å². The minimum Gasteiger partial charge on any atom is -0.504 e. The molecule has 18 heavy (non-hydrogen) atoms. The van der Waals surface area contributed by atoms with E-state index in [2.05, 4.69) is 0 Å². The molecule has 0 saturated carbocycles. The van der Waals surface area contributed by atoms with Gasteiger partial charge < -0.3 is 14.6 Å². The van der Waals surface area contributed by atoms with Crippen molar-refractivity contribution in [3.63, 3.8) is 0 Å². The third-order valence-corrected chi connectivity index (χ3v) is 2.87. The first-order valence-corrected chi connectivity index (χ1v) is 5.71. The zero-order chi connectivity index (χ0) is 13.0. The Morgan fingerprint density at radius 1 is 0.944 bits per heavy atom. The van der Waals surface area contributed by atoms with E-state index in [1.54, 1.807) is 13.2 Å². The van der Waals surface area contributed by atoms with E-state index in [-0.39, 0.29) is 11.9 Å². The van der Waals surface area contributed by atoms with Crippen molar-refractivity contribution >= 4 is 0 Å². The lowest BCUT2D eigenvalue weighted by Gasteiger charge is -2.18. The molecule has 3 nitrogen and oxygen atoms in total. The van der Waals surface area contributed by atoms with Crippen molar-refractivity contribution in [2.24, 2.45) is 0 Å². The third kappa shape index (κ3) is 2.31. The molecule has 1 N–H and O–H groups in total. The Hall–Kier alpha value is -2.00. The zero-order valence-electron chi connectivity index (χ0n) is 10.5.